The lowest BCUT2D eigenvalue weighted by molar-refractivity contribution is -0.143. The highest BCUT2D eigenvalue weighted by Gasteiger charge is 2.20. The van der Waals surface area contributed by atoms with E-state index in [0.717, 1.165) is 38.5 Å². The molecule has 1 amide bonds. The predicted octanol–water partition coefficient (Wildman–Crippen LogP) is 22.8. The molecule has 0 spiro atoms. The molecule has 0 aliphatic rings. The molecule has 0 fully saturated rings. The molecule has 458 valence electrons. The second-order valence-electron chi connectivity index (χ2n) is 24.6. The van der Waals surface area contributed by atoms with Crippen molar-refractivity contribution in [3.8, 4) is 0 Å². The van der Waals surface area contributed by atoms with Crippen LogP contribution < -0.4 is 5.32 Å². The second kappa shape index (κ2) is 67.1. The van der Waals surface area contributed by atoms with Crippen LogP contribution in [-0.4, -0.2) is 47.4 Å². The molecule has 77 heavy (non-hydrogen) atoms. The van der Waals surface area contributed by atoms with Crippen molar-refractivity contribution in [3.05, 3.63) is 12.2 Å². The van der Waals surface area contributed by atoms with Crippen LogP contribution in [-0.2, 0) is 14.3 Å². The maximum atomic E-state index is 12.5. The van der Waals surface area contributed by atoms with Gasteiger partial charge in [0.2, 0.25) is 5.91 Å². The fourth-order valence-corrected chi connectivity index (χ4v) is 11.4. The smallest absolute Gasteiger partial charge is 0.305 e. The molecule has 0 aliphatic heterocycles. The quantitative estimate of drug-likeness (QED) is 0.0320. The molecule has 0 aromatic carbocycles. The number of hydrogen-bond acceptors (Lipinski definition) is 5. The molecular formula is C71H139NO5. The van der Waals surface area contributed by atoms with E-state index in [1.54, 1.807) is 0 Å². The second-order valence-corrected chi connectivity index (χ2v) is 24.6. The molecule has 2 unspecified atom stereocenters. The number of unbranched alkanes of at least 4 members (excludes halogenated alkanes) is 54. The molecule has 0 radical (unpaired) electrons. The van der Waals surface area contributed by atoms with Gasteiger partial charge in [-0.3, -0.25) is 9.59 Å². The highest BCUT2D eigenvalue weighted by Crippen LogP contribution is 2.19. The Bertz CT molecular complexity index is 1160. The van der Waals surface area contributed by atoms with E-state index in [-0.39, 0.29) is 18.5 Å². The van der Waals surface area contributed by atoms with Gasteiger partial charge in [0.1, 0.15) is 0 Å². The maximum Gasteiger partial charge on any atom is 0.305 e. The van der Waals surface area contributed by atoms with Gasteiger partial charge in [-0.2, -0.15) is 0 Å². The average molecular weight is 1090 g/mol. The van der Waals surface area contributed by atoms with Gasteiger partial charge in [-0.15, -0.1) is 0 Å². The van der Waals surface area contributed by atoms with E-state index in [1.165, 1.54) is 334 Å². The SMILES string of the molecule is CCCCCCCCCCCCCCCCCC(O)C(CO)NC(=O)CCCCCCCCCCCCCCCCCC/C=C\CCCCCCCCCCCCCCOC(=O)CCCCCCCCCCCCCCC. The molecule has 2 atom stereocenters. The van der Waals surface area contributed by atoms with Crippen molar-refractivity contribution in [1.82, 2.24) is 5.32 Å². The third kappa shape index (κ3) is 63.6. The molecule has 3 N–H and O–H groups in total. The summed E-state index contributed by atoms with van der Waals surface area (Å²) in [6, 6.07) is -0.538. The number of aliphatic hydroxyl groups is 2. The van der Waals surface area contributed by atoms with E-state index >= 15 is 0 Å². The Labute approximate surface area is 482 Å². The van der Waals surface area contributed by atoms with Gasteiger partial charge in [0.15, 0.2) is 0 Å². The van der Waals surface area contributed by atoms with Crippen molar-refractivity contribution in [1.29, 1.82) is 0 Å². The van der Waals surface area contributed by atoms with Crippen LogP contribution in [0.3, 0.4) is 0 Å². The highest BCUT2D eigenvalue weighted by atomic mass is 16.5. The lowest BCUT2D eigenvalue weighted by Gasteiger charge is -2.22. The summed E-state index contributed by atoms with van der Waals surface area (Å²) in [5, 5.41) is 23.3. The number of amides is 1. The molecule has 0 rings (SSSR count). The Morgan fingerprint density at radius 2 is 0.610 bits per heavy atom. The van der Waals surface area contributed by atoms with Gasteiger partial charge < -0.3 is 20.3 Å². The molecule has 0 heterocycles. The number of aliphatic hydroxyl groups excluding tert-OH is 2. The van der Waals surface area contributed by atoms with E-state index in [4.69, 9.17) is 4.74 Å². The van der Waals surface area contributed by atoms with Gasteiger partial charge in [-0.1, -0.05) is 353 Å². The van der Waals surface area contributed by atoms with Crippen molar-refractivity contribution >= 4 is 11.9 Å². The Hall–Kier alpha value is -1.40. The van der Waals surface area contributed by atoms with Crippen molar-refractivity contribution in [2.75, 3.05) is 13.2 Å². The van der Waals surface area contributed by atoms with Crippen molar-refractivity contribution < 1.29 is 24.5 Å². The number of allylic oxidation sites excluding steroid dienone is 2. The average Bonchev–Trinajstić information content (AvgIpc) is 3.43. The Kier molecular flexibility index (Phi) is 65.9. The minimum atomic E-state index is -0.661. The zero-order chi connectivity index (χ0) is 55.7. The number of esters is 1. The summed E-state index contributed by atoms with van der Waals surface area (Å²) in [6.45, 7) is 4.99. The normalized spacial score (nSPS) is 12.5. The zero-order valence-corrected chi connectivity index (χ0v) is 52.5. The van der Waals surface area contributed by atoms with Crippen molar-refractivity contribution in [2.45, 2.75) is 418 Å². The molecule has 0 aliphatic carbocycles. The van der Waals surface area contributed by atoms with Crippen LogP contribution in [0.15, 0.2) is 12.2 Å². The first-order valence-electron chi connectivity index (χ1n) is 35.4. The lowest BCUT2D eigenvalue weighted by atomic mass is 10.0. The molecule has 0 bridgehead atoms. The van der Waals surface area contributed by atoms with Crippen LogP contribution >= 0.6 is 0 Å². The summed E-state index contributed by atoms with van der Waals surface area (Å²) in [5.41, 5.74) is 0. The van der Waals surface area contributed by atoms with Crippen LogP contribution in [0.1, 0.15) is 406 Å². The molecule has 0 aromatic heterocycles. The van der Waals surface area contributed by atoms with Gasteiger partial charge in [-0.05, 0) is 51.4 Å². The molecule has 0 aromatic rings. The molecule has 0 saturated heterocycles. The first kappa shape index (κ1) is 75.6. The van der Waals surface area contributed by atoms with E-state index in [0.29, 0.717) is 25.9 Å². The summed E-state index contributed by atoms with van der Waals surface area (Å²) >= 11 is 0. The highest BCUT2D eigenvalue weighted by molar-refractivity contribution is 5.76. The predicted molar refractivity (Wildman–Crippen MR) is 338 cm³/mol. The topological polar surface area (TPSA) is 95.9 Å². The van der Waals surface area contributed by atoms with Gasteiger partial charge in [0, 0.05) is 12.8 Å². The standard InChI is InChI=1S/C71H139NO5/c1-3-5-7-9-11-13-15-17-36-40-43-47-51-55-59-63-69(74)68(67-73)72-70(75)64-60-56-52-48-44-41-37-34-32-30-28-26-24-22-20-18-19-21-23-25-27-29-31-33-35-38-42-46-50-54-58-62-66-77-71(76)65-61-57-53-49-45-39-16-14-12-10-8-6-4-2/h21,23,68-69,73-74H,3-20,22,24-67H2,1-2H3,(H,72,75)/b23-21-. The monoisotopic (exact) mass is 1090 g/mol. The Morgan fingerprint density at radius 1 is 0.351 bits per heavy atom. The van der Waals surface area contributed by atoms with Crippen LogP contribution in [0, 0.1) is 0 Å². The fraction of sp³-hybridized carbons (Fsp3) is 0.944. The third-order valence-electron chi connectivity index (χ3n) is 16.8. The molecular weight excluding hydrogens is 947 g/mol. The summed E-state index contributed by atoms with van der Waals surface area (Å²) in [6.07, 6.45) is 82.7. The van der Waals surface area contributed by atoms with Gasteiger partial charge in [0.05, 0.1) is 25.4 Å². The van der Waals surface area contributed by atoms with Crippen LogP contribution in [0.5, 0.6) is 0 Å². The Morgan fingerprint density at radius 3 is 0.922 bits per heavy atom. The molecule has 6 heteroatoms. The lowest BCUT2D eigenvalue weighted by Crippen LogP contribution is -2.45. The summed E-state index contributed by atoms with van der Waals surface area (Å²) < 4.78 is 5.49. The van der Waals surface area contributed by atoms with E-state index in [1.807, 2.05) is 0 Å². The summed E-state index contributed by atoms with van der Waals surface area (Å²) in [7, 11) is 0. The minimum absolute atomic E-state index is 0.0206. The zero-order valence-electron chi connectivity index (χ0n) is 52.5. The Balaban J connectivity index is 3.34. The van der Waals surface area contributed by atoms with Gasteiger partial charge in [-0.25, -0.2) is 0 Å². The molecule has 0 saturated carbocycles. The summed E-state index contributed by atoms with van der Waals surface area (Å²) in [4.78, 5) is 24.6. The number of carbonyl (C=O) groups excluding carboxylic acids is 2. The molecule has 6 nitrogen and oxygen atoms in total. The maximum absolute atomic E-state index is 12.5. The number of ether oxygens (including phenoxy) is 1. The van der Waals surface area contributed by atoms with E-state index < -0.39 is 12.1 Å². The van der Waals surface area contributed by atoms with Crippen LogP contribution in [0.4, 0.5) is 0 Å². The fourth-order valence-electron chi connectivity index (χ4n) is 11.4. The third-order valence-corrected chi connectivity index (χ3v) is 16.8. The number of rotatable bonds is 67. The van der Waals surface area contributed by atoms with Crippen LogP contribution in [0.2, 0.25) is 0 Å². The number of carbonyl (C=O) groups is 2. The number of nitrogens with one attached hydrogen (secondary N) is 1. The van der Waals surface area contributed by atoms with E-state index in [2.05, 4.69) is 31.3 Å². The van der Waals surface area contributed by atoms with Crippen molar-refractivity contribution in [2.24, 2.45) is 0 Å². The largest absolute Gasteiger partial charge is 0.466 e. The number of hydrogen-bond donors (Lipinski definition) is 3. The van der Waals surface area contributed by atoms with Crippen molar-refractivity contribution in [3.63, 3.8) is 0 Å². The van der Waals surface area contributed by atoms with Gasteiger partial charge >= 0.3 is 5.97 Å². The van der Waals surface area contributed by atoms with Crippen LogP contribution in [0.25, 0.3) is 0 Å². The van der Waals surface area contributed by atoms with E-state index in [9.17, 15) is 19.8 Å². The first-order chi connectivity index (χ1) is 38.0. The minimum Gasteiger partial charge on any atom is -0.466 e. The summed E-state index contributed by atoms with van der Waals surface area (Å²) in [5.74, 6) is -0.00840. The first-order valence-corrected chi connectivity index (χ1v) is 35.4. The van der Waals surface area contributed by atoms with Gasteiger partial charge in [0.25, 0.3) is 0 Å².